The first-order chi connectivity index (χ1) is 12.1. The Balaban J connectivity index is 1.57. The topological polar surface area (TPSA) is 53.3 Å². The predicted octanol–water partition coefficient (Wildman–Crippen LogP) is 4.19. The van der Waals surface area contributed by atoms with Gasteiger partial charge in [0.2, 0.25) is 0 Å². The second kappa shape index (κ2) is 6.37. The third kappa shape index (κ3) is 2.82. The highest BCUT2D eigenvalue weighted by Crippen LogP contribution is 2.30. The van der Waals surface area contributed by atoms with E-state index in [4.69, 9.17) is 9.47 Å². The van der Waals surface area contributed by atoms with Crippen molar-refractivity contribution >= 4 is 21.9 Å². The lowest BCUT2D eigenvalue weighted by Gasteiger charge is -2.20. The molecule has 1 aliphatic rings. The summed E-state index contributed by atoms with van der Waals surface area (Å²) in [5.74, 6) is 0.327. The van der Waals surface area contributed by atoms with Gasteiger partial charge in [0.1, 0.15) is 25.3 Å². The van der Waals surface area contributed by atoms with Gasteiger partial charge in [0.25, 0.3) is 0 Å². The summed E-state index contributed by atoms with van der Waals surface area (Å²) in [5.41, 5.74) is 3.88. The Morgan fingerprint density at radius 1 is 1.28 bits per heavy atom. The summed E-state index contributed by atoms with van der Waals surface area (Å²) in [6.07, 6.45) is 1.64. The van der Waals surface area contributed by atoms with Crippen molar-refractivity contribution in [1.29, 1.82) is 0 Å². The standard InChI is InChI=1S/C19H15BrN2O3/c1-12-13(5-4-6-14(12)20)9-25-19(23)18-16-10-24-17-8-3-2-7-15(17)22(16)11-21-18/h2-8,11H,9-10H2,1H3. The molecule has 0 N–H and O–H groups in total. The monoisotopic (exact) mass is 398 g/mol. The number of hydrogen-bond donors (Lipinski definition) is 0. The zero-order chi connectivity index (χ0) is 17.4. The molecule has 1 aromatic heterocycles. The Morgan fingerprint density at radius 2 is 2.12 bits per heavy atom. The van der Waals surface area contributed by atoms with Crippen LogP contribution in [0.15, 0.2) is 53.3 Å². The fraction of sp³-hybridized carbons (Fsp3) is 0.158. The molecular formula is C19H15BrN2O3. The predicted molar refractivity (Wildman–Crippen MR) is 95.9 cm³/mol. The van der Waals surface area contributed by atoms with E-state index in [-0.39, 0.29) is 13.2 Å². The first-order valence-electron chi connectivity index (χ1n) is 7.84. The van der Waals surface area contributed by atoms with Gasteiger partial charge in [0.15, 0.2) is 5.69 Å². The van der Waals surface area contributed by atoms with Crippen LogP contribution in [0, 0.1) is 6.92 Å². The normalized spacial score (nSPS) is 12.1. The van der Waals surface area contributed by atoms with Crippen LogP contribution in [0.2, 0.25) is 0 Å². The first-order valence-corrected chi connectivity index (χ1v) is 8.64. The van der Waals surface area contributed by atoms with E-state index in [1.54, 1.807) is 6.33 Å². The van der Waals surface area contributed by atoms with Crippen molar-refractivity contribution in [3.63, 3.8) is 0 Å². The summed E-state index contributed by atoms with van der Waals surface area (Å²) < 4.78 is 14.1. The minimum Gasteiger partial charge on any atom is -0.485 e. The molecule has 25 heavy (non-hydrogen) atoms. The van der Waals surface area contributed by atoms with Gasteiger partial charge in [0, 0.05) is 4.47 Å². The van der Waals surface area contributed by atoms with Crippen molar-refractivity contribution in [3.8, 4) is 11.4 Å². The van der Waals surface area contributed by atoms with E-state index in [0.717, 1.165) is 27.0 Å². The van der Waals surface area contributed by atoms with Crippen molar-refractivity contribution in [3.05, 3.63) is 75.8 Å². The third-order valence-corrected chi connectivity index (χ3v) is 5.15. The molecule has 0 fully saturated rings. The van der Waals surface area contributed by atoms with Gasteiger partial charge >= 0.3 is 5.97 Å². The van der Waals surface area contributed by atoms with E-state index in [9.17, 15) is 4.79 Å². The van der Waals surface area contributed by atoms with Crippen molar-refractivity contribution in [2.24, 2.45) is 0 Å². The number of ether oxygens (including phenoxy) is 2. The Morgan fingerprint density at radius 3 is 3.00 bits per heavy atom. The maximum Gasteiger partial charge on any atom is 0.359 e. The van der Waals surface area contributed by atoms with Crippen LogP contribution in [-0.2, 0) is 18.0 Å². The zero-order valence-electron chi connectivity index (χ0n) is 13.5. The average molecular weight is 399 g/mol. The molecule has 3 aromatic rings. The molecule has 0 saturated heterocycles. The number of benzene rings is 2. The molecule has 0 atom stereocenters. The smallest absolute Gasteiger partial charge is 0.359 e. The third-order valence-electron chi connectivity index (χ3n) is 4.29. The van der Waals surface area contributed by atoms with Crippen LogP contribution in [0.4, 0.5) is 0 Å². The van der Waals surface area contributed by atoms with Gasteiger partial charge in [-0.25, -0.2) is 9.78 Å². The summed E-state index contributed by atoms with van der Waals surface area (Å²) in [6, 6.07) is 13.5. The van der Waals surface area contributed by atoms with Gasteiger partial charge in [-0.3, -0.25) is 4.57 Å². The summed E-state index contributed by atoms with van der Waals surface area (Å²) >= 11 is 3.48. The number of imidazole rings is 1. The quantitative estimate of drug-likeness (QED) is 0.620. The van der Waals surface area contributed by atoms with Gasteiger partial charge in [-0.05, 0) is 36.2 Å². The molecule has 6 heteroatoms. The maximum atomic E-state index is 12.5. The average Bonchev–Trinajstić information content (AvgIpc) is 3.07. The minimum atomic E-state index is -0.448. The lowest BCUT2D eigenvalue weighted by molar-refractivity contribution is 0.0462. The lowest BCUT2D eigenvalue weighted by atomic mass is 10.1. The van der Waals surface area contributed by atoms with Crippen molar-refractivity contribution in [2.45, 2.75) is 20.1 Å². The fourth-order valence-electron chi connectivity index (χ4n) is 2.83. The molecule has 1 aliphatic heterocycles. The molecule has 0 aliphatic carbocycles. The van der Waals surface area contributed by atoms with E-state index in [1.807, 2.05) is 54.0 Å². The van der Waals surface area contributed by atoms with Gasteiger partial charge in [-0.2, -0.15) is 0 Å². The number of carbonyl (C=O) groups is 1. The second-order valence-corrected chi connectivity index (χ2v) is 6.62. The Labute approximate surface area is 153 Å². The van der Waals surface area contributed by atoms with E-state index in [1.165, 1.54) is 0 Å². The maximum absolute atomic E-state index is 12.5. The molecule has 0 saturated carbocycles. The number of rotatable bonds is 3. The van der Waals surface area contributed by atoms with Crippen LogP contribution in [0.3, 0.4) is 0 Å². The molecule has 5 nitrogen and oxygen atoms in total. The van der Waals surface area contributed by atoms with E-state index >= 15 is 0 Å². The minimum absolute atomic E-state index is 0.202. The van der Waals surface area contributed by atoms with E-state index < -0.39 is 5.97 Å². The fourth-order valence-corrected chi connectivity index (χ4v) is 3.24. The summed E-state index contributed by atoms with van der Waals surface area (Å²) in [5, 5.41) is 0. The van der Waals surface area contributed by atoms with Gasteiger partial charge in [-0.15, -0.1) is 0 Å². The second-order valence-electron chi connectivity index (χ2n) is 5.77. The number of hydrogen-bond acceptors (Lipinski definition) is 4. The molecule has 0 spiro atoms. The van der Waals surface area contributed by atoms with Crippen LogP contribution < -0.4 is 4.74 Å². The molecular weight excluding hydrogens is 384 g/mol. The number of para-hydroxylation sites is 2. The number of fused-ring (bicyclic) bond motifs is 3. The van der Waals surface area contributed by atoms with Gasteiger partial charge in [-0.1, -0.05) is 40.2 Å². The van der Waals surface area contributed by atoms with Crippen LogP contribution in [-0.4, -0.2) is 15.5 Å². The molecule has 0 bridgehead atoms. The SMILES string of the molecule is Cc1c(Br)cccc1COC(=O)c1ncn2c1COc1ccccc1-2. The Hall–Kier alpha value is -2.60. The highest BCUT2D eigenvalue weighted by Gasteiger charge is 2.25. The molecule has 4 rings (SSSR count). The van der Waals surface area contributed by atoms with Crippen LogP contribution in [0.5, 0.6) is 5.75 Å². The molecule has 0 radical (unpaired) electrons. The molecule has 2 aromatic carbocycles. The number of aromatic nitrogens is 2. The molecule has 0 amide bonds. The lowest BCUT2D eigenvalue weighted by Crippen LogP contribution is -2.16. The summed E-state index contributed by atoms with van der Waals surface area (Å²) in [4.78, 5) is 16.7. The van der Waals surface area contributed by atoms with Crippen molar-refractivity contribution in [2.75, 3.05) is 0 Å². The van der Waals surface area contributed by atoms with Crippen molar-refractivity contribution in [1.82, 2.24) is 9.55 Å². The number of carbonyl (C=O) groups excluding carboxylic acids is 1. The van der Waals surface area contributed by atoms with Crippen LogP contribution in [0.25, 0.3) is 5.69 Å². The Kier molecular flexibility index (Phi) is 4.05. The first kappa shape index (κ1) is 15.9. The van der Waals surface area contributed by atoms with Crippen LogP contribution in [0.1, 0.15) is 27.3 Å². The number of esters is 1. The summed E-state index contributed by atoms with van der Waals surface area (Å²) in [6.45, 7) is 2.47. The number of halogens is 1. The van der Waals surface area contributed by atoms with E-state index in [2.05, 4.69) is 20.9 Å². The largest absolute Gasteiger partial charge is 0.485 e. The summed E-state index contributed by atoms with van der Waals surface area (Å²) in [7, 11) is 0. The van der Waals surface area contributed by atoms with Crippen molar-refractivity contribution < 1.29 is 14.3 Å². The molecule has 0 unspecified atom stereocenters. The van der Waals surface area contributed by atoms with Gasteiger partial charge < -0.3 is 9.47 Å². The molecule has 2 heterocycles. The van der Waals surface area contributed by atoms with E-state index in [0.29, 0.717) is 11.4 Å². The zero-order valence-corrected chi connectivity index (χ0v) is 15.1. The van der Waals surface area contributed by atoms with Crippen LogP contribution >= 0.6 is 15.9 Å². The highest BCUT2D eigenvalue weighted by atomic mass is 79.9. The Bertz CT molecular complexity index is 965. The molecule has 126 valence electrons. The highest BCUT2D eigenvalue weighted by molar-refractivity contribution is 9.10. The number of nitrogens with zero attached hydrogens (tertiary/aromatic N) is 2. The van der Waals surface area contributed by atoms with Gasteiger partial charge in [0.05, 0.1) is 11.4 Å².